The van der Waals surface area contributed by atoms with Crippen molar-refractivity contribution in [3.05, 3.63) is 47.6 Å². The predicted molar refractivity (Wildman–Crippen MR) is 85.0 cm³/mol. The third kappa shape index (κ3) is 5.90. The molecule has 0 saturated carbocycles. The van der Waals surface area contributed by atoms with Crippen molar-refractivity contribution in [3.8, 4) is 0 Å². The minimum Gasteiger partial charge on any atom is -0.462 e. The predicted octanol–water partition coefficient (Wildman–Crippen LogP) is 1.08. The van der Waals surface area contributed by atoms with Gasteiger partial charge in [0.1, 0.15) is 0 Å². The number of aliphatic hydroxyl groups excluding tert-OH is 1. The molecule has 0 radical (unpaired) electrons. The number of hydrogen-bond acceptors (Lipinski definition) is 5. The van der Waals surface area contributed by atoms with Gasteiger partial charge >= 0.3 is 5.97 Å². The lowest BCUT2D eigenvalue weighted by atomic mass is 10.1. The molecule has 0 bridgehead atoms. The van der Waals surface area contributed by atoms with Crippen LogP contribution in [0.15, 0.2) is 42.0 Å². The number of nitrogens with two attached hydrogens (primary N) is 1. The molecule has 0 aliphatic rings. The zero-order chi connectivity index (χ0) is 16.4. The summed E-state index contributed by atoms with van der Waals surface area (Å²) >= 11 is 0. The van der Waals surface area contributed by atoms with Gasteiger partial charge in [0, 0.05) is 5.69 Å². The van der Waals surface area contributed by atoms with Gasteiger partial charge in [-0.1, -0.05) is 18.2 Å². The summed E-state index contributed by atoms with van der Waals surface area (Å²) in [6.45, 7) is 1.66. The van der Waals surface area contributed by atoms with Crippen LogP contribution in [0.25, 0.3) is 6.08 Å². The van der Waals surface area contributed by atoms with Gasteiger partial charge in [-0.25, -0.2) is 4.79 Å². The van der Waals surface area contributed by atoms with E-state index < -0.39 is 5.97 Å². The molecule has 0 atom stereocenters. The molecule has 0 unspecified atom stereocenters. The Bertz CT molecular complexity index is 562. The van der Waals surface area contributed by atoms with E-state index >= 15 is 0 Å². The molecular weight excluding hydrogens is 284 g/mol. The van der Waals surface area contributed by atoms with Crippen LogP contribution in [0.5, 0.6) is 0 Å². The van der Waals surface area contributed by atoms with Crippen LogP contribution in [0.2, 0.25) is 0 Å². The highest BCUT2D eigenvalue weighted by molar-refractivity contribution is 5.93. The third-order valence-electron chi connectivity index (χ3n) is 2.66. The van der Waals surface area contributed by atoms with Gasteiger partial charge in [0.2, 0.25) is 5.91 Å². The smallest absolute Gasteiger partial charge is 0.337 e. The molecule has 0 heterocycles. The summed E-state index contributed by atoms with van der Waals surface area (Å²) in [4.78, 5) is 22.8. The Morgan fingerprint density at radius 2 is 2.00 bits per heavy atom. The molecule has 6 nitrogen and oxygen atoms in total. The van der Waals surface area contributed by atoms with E-state index in [0.717, 1.165) is 5.56 Å². The largest absolute Gasteiger partial charge is 0.462 e. The van der Waals surface area contributed by atoms with E-state index in [1.165, 1.54) is 6.08 Å². The van der Waals surface area contributed by atoms with Crippen LogP contribution >= 0.6 is 0 Å². The SMILES string of the molecule is CCOC(=O)C(/C=C/c1ccc(NC(=O)CN)cc1)=C/CO. The second kappa shape index (κ2) is 9.49. The van der Waals surface area contributed by atoms with Crippen LogP contribution < -0.4 is 11.1 Å². The number of rotatable bonds is 7. The molecule has 6 heteroatoms. The Kier molecular flexibility index (Phi) is 7.60. The summed E-state index contributed by atoms with van der Waals surface area (Å²) in [6.07, 6.45) is 4.67. The van der Waals surface area contributed by atoms with Crippen LogP contribution in [0, 0.1) is 0 Å². The molecule has 0 aliphatic carbocycles. The maximum Gasteiger partial charge on any atom is 0.337 e. The van der Waals surface area contributed by atoms with Gasteiger partial charge in [-0.15, -0.1) is 0 Å². The van der Waals surface area contributed by atoms with E-state index in [1.54, 1.807) is 43.3 Å². The van der Waals surface area contributed by atoms with Crippen molar-refractivity contribution in [1.82, 2.24) is 0 Å². The number of nitrogens with one attached hydrogen (secondary N) is 1. The zero-order valence-corrected chi connectivity index (χ0v) is 12.4. The van der Waals surface area contributed by atoms with E-state index in [-0.39, 0.29) is 31.2 Å². The standard InChI is InChI=1S/C16H20N2O4/c1-2-22-16(21)13(9-10-19)6-3-12-4-7-14(8-5-12)18-15(20)11-17/h3-9,19H,2,10-11,17H2,1H3,(H,18,20)/b6-3+,13-9+. The lowest BCUT2D eigenvalue weighted by molar-refractivity contribution is -0.138. The topological polar surface area (TPSA) is 102 Å². The van der Waals surface area contributed by atoms with E-state index in [2.05, 4.69) is 5.32 Å². The average Bonchev–Trinajstić information content (AvgIpc) is 2.52. The molecule has 22 heavy (non-hydrogen) atoms. The molecule has 1 aromatic carbocycles. The van der Waals surface area contributed by atoms with Crippen molar-refractivity contribution in [2.24, 2.45) is 5.73 Å². The fourth-order valence-electron chi connectivity index (χ4n) is 1.61. The number of ether oxygens (including phenoxy) is 1. The van der Waals surface area contributed by atoms with Crippen LogP contribution in [-0.2, 0) is 14.3 Å². The molecule has 0 aromatic heterocycles. The number of hydrogen-bond donors (Lipinski definition) is 3. The number of amides is 1. The summed E-state index contributed by atoms with van der Waals surface area (Å²) < 4.78 is 4.89. The lowest BCUT2D eigenvalue weighted by Gasteiger charge is -2.04. The molecule has 118 valence electrons. The van der Waals surface area contributed by atoms with Crippen LogP contribution in [0.4, 0.5) is 5.69 Å². The quantitative estimate of drug-likeness (QED) is 0.397. The van der Waals surface area contributed by atoms with E-state index in [4.69, 9.17) is 15.6 Å². The highest BCUT2D eigenvalue weighted by Crippen LogP contribution is 2.12. The van der Waals surface area contributed by atoms with Gasteiger partial charge in [-0.2, -0.15) is 0 Å². The minimum absolute atomic E-state index is 0.0729. The summed E-state index contributed by atoms with van der Waals surface area (Å²) in [5, 5.41) is 11.6. The van der Waals surface area contributed by atoms with Crippen molar-refractivity contribution < 1.29 is 19.4 Å². The first-order valence-corrected chi connectivity index (χ1v) is 6.87. The minimum atomic E-state index is -0.486. The number of anilines is 1. The highest BCUT2D eigenvalue weighted by Gasteiger charge is 2.06. The molecule has 0 spiro atoms. The number of carbonyl (C=O) groups excluding carboxylic acids is 2. The summed E-state index contributed by atoms with van der Waals surface area (Å²) in [7, 11) is 0. The van der Waals surface area contributed by atoms with Gasteiger partial charge in [-0.3, -0.25) is 4.79 Å². The van der Waals surface area contributed by atoms with Crippen LogP contribution in [0.3, 0.4) is 0 Å². The Morgan fingerprint density at radius 1 is 1.32 bits per heavy atom. The highest BCUT2D eigenvalue weighted by atomic mass is 16.5. The molecule has 4 N–H and O–H groups in total. The van der Waals surface area contributed by atoms with Gasteiger partial charge in [0.05, 0.1) is 25.3 Å². The molecule has 1 rings (SSSR count). The molecule has 0 fully saturated rings. The number of benzene rings is 1. The molecular formula is C16H20N2O4. The van der Waals surface area contributed by atoms with Gasteiger partial charge in [0.25, 0.3) is 0 Å². The number of aliphatic hydroxyl groups is 1. The first-order chi connectivity index (χ1) is 10.6. The molecule has 1 amide bonds. The Labute approximate surface area is 129 Å². The van der Waals surface area contributed by atoms with E-state index in [9.17, 15) is 9.59 Å². The zero-order valence-electron chi connectivity index (χ0n) is 12.4. The fraction of sp³-hybridized carbons (Fsp3) is 0.250. The summed E-state index contributed by atoms with van der Waals surface area (Å²) in [6, 6.07) is 7.02. The Morgan fingerprint density at radius 3 is 2.55 bits per heavy atom. The normalized spacial score (nSPS) is 11.5. The van der Waals surface area contributed by atoms with Crippen molar-refractivity contribution in [1.29, 1.82) is 0 Å². The number of carbonyl (C=O) groups is 2. The Hall–Kier alpha value is -2.44. The first kappa shape index (κ1) is 17.6. The van der Waals surface area contributed by atoms with Crippen LogP contribution in [0.1, 0.15) is 12.5 Å². The molecule has 1 aromatic rings. The van der Waals surface area contributed by atoms with E-state index in [1.807, 2.05) is 0 Å². The lowest BCUT2D eigenvalue weighted by Crippen LogP contribution is -2.21. The van der Waals surface area contributed by atoms with Crippen LogP contribution in [-0.4, -0.2) is 36.7 Å². The van der Waals surface area contributed by atoms with Crippen molar-refractivity contribution in [2.45, 2.75) is 6.92 Å². The van der Waals surface area contributed by atoms with Gasteiger partial charge in [-0.05, 0) is 36.8 Å². The average molecular weight is 304 g/mol. The molecule has 0 saturated heterocycles. The number of esters is 1. The van der Waals surface area contributed by atoms with Gasteiger partial charge in [0.15, 0.2) is 0 Å². The van der Waals surface area contributed by atoms with Crippen molar-refractivity contribution in [3.63, 3.8) is 0 Å². The maximum absolute atomic E-state index is 11.7. The maximum atomic E-state index is 11.7. The summed E-state index contributed by atoms with van der Waals surface area (Å²) in [5.74, 6) is -0.751. The summed E-state index contributed by atoms with van der Waals surface area (Å²) in [5.41, 5.74) is 6.98. The van der Waals surface area contributed by atoms with Crippen molar-refractivity contribution >= 4 is 23.6 Å². The second-order valence-corrected chi connectivity index (χ2v) is 4.27. The Balaban J connectivity index is 2.77. The monoisotopic (exact) mass is 304 g/mol. The molecule has 0 aliphatic heterocycles. The van der Waals surface area contributed by atoms with E-state index in [0.29, 0.717) is 5.69 Å². The first-order valence-electron chi connectivity index (χ1n) is 6.87. The van der Waals surface area contributed by atoms with Gasteiger partial charge < -0.3 is 20.9 Å². The fourth-order valence-corrected chi connectivity index (χ4v) is 1.61. The van der Waals surface area contributed by atoms with Crippen molar-refractivity contribution in [2.75, 3.05) is 25.1 Å². The second-order valence-electron chi connectivity index (χ2n) is 4.27. The third-order valence-corrected chi connectivity index (χ3v) is 2.66.